The van der Waals surface area contributed by atoms with Crippen molar-refractivity contribution in [3.8, 4) is 0 Å². The van der Waals surface area contributed by atoms with Crippen molar-refractivity contribution in [1.29, 1.82) is 0 Å². The zero-order valence-corrected chi connectivity index (χ0v) is 11.7. The van der Waals surface area contributed by atoms with Crippen molar-refractivity contribution in [1.82, 2.24) is 4.72 Å². The molecule has 0 aromatic heterocycles. The van der Waals surface area contributed by atoms with Crippen LogP contribution in [-0.2, 0) is 16.4 Å². The third-order valence-corrected chi connectivity index (χ3v) is 5.47. The van der Waals surface area contributed by atoms with Crippen molar-refractivity contribution in [3.05, 3.63) is 35.4 Å². The maximum absolute atomic E-state index is 12.1. The number of benzene rings is 1. The fourth-order valence-corrected chi connectivity index (χ4v) is 3.03. The minimum absolute atomic E-state index is 0.494. The molecule has 0 bridgehead atoms. The van der Waals surface area contributed by atoms with E-state index in [1.807, 2.05) is 24.3 Å². The average Bonchev–Trinajstić information content (AvgIpc) is 2.54. The lowest BCUT2D eigenvalue weighted by Gasteiger charge is -2.25. The van der Waals surface area contributed by atoms with E-state index in [0.717, 1.165) is 11.1 Å². The minimum Gasteiger partial charge on any atom is -0.391 e. The molecule has 4 nitrogen and oxygen atoms in total. The molecule has 0 radical (unpaired) electrons. The fraction of sp³-hybridized carbons (Fsp3) is 0.538. The average molecular weight is 269 g/mol. The van der Waals surface area contributed by atoms with Crippen LogP contribution in [0.4, 0.5) is 0 Å². The monoisotopic (exact) mass is 269 g/mol. The first-order valence-electron chi connectivity index (χ1n) is 6.00. The Morgan fingerprint density at radius 2 is 1.89 bits per heavy atom. The molecule has 0 fully saturated rings. The second-order valence-corrected chi connectivity index (χ2v) is 8.15. The van der Waals surface area contributed by atoms with Crippen LogP contribution in [0.25, 0.3) is 0 Å². The molecule has 18 heavy (non-hydrogen) atoms. The van der Waals surface area contributed by atoms with Gasteiger partial charge < -0.3 is 5.11 Å². The molecule has 100 valence electrons. The second-order valence-electron chi connectivity index (χ2n) is 5.68. The molecule has 2 N–H and O–H groups in total. The highest BCUT2D eigenvalue weighted by atomic mass is 32.2. The number of aliphatic hydroxyl groups excluding tert-OH is 1. The Kier molecular flexibility index (Phi) is 3.25. The highest BCUT2D eigenvalue weighted by Crippen LogP contribution is 2.32. The summed E-state index contributed by atoms with van der Waals surface area (Å²) in [5.41, 5.74) is 1.88. The third kappa shape index (κ3) is 2.30. The predicted molar refractivity (Wildman–Crippen MR) is 70.7 cm³/mol. The van der Waals surface area contributed by atoms with Crippen molar-refractivity contribution in [2.75, 3.05) is 0 Å². The van der Waals surface area contributed by atoms with Gasteiger partial charge in [-0.05, 0) is 31.9 Å². The van der Waals surface area contributed by atoms with Gasteiger partial charge in [-0.3, -0.25) is 0 Å². The molecule has 0 saturated carbocycles. The van der Waals surface area contributed by atoms with Crippen molar-refractivity contribution in [3.63, 3.8) is 0 Å². The van der Waals surface area contributed by atoms with Gasteiger partial charge in [0.15, 0.2) is 0 Å². The molecule has 2 rings (SSSR count). The highest BCUT2D eigenvalue weighted by molar-refractivity contribution is 7.90. The number of sulfonamides is 1. The molecule has 0 saturated heterocycles. The summed E-state index contributed by atoms with van der Waals surface area (Å²) >= 11 is 0. The number of aliphatic hydroxyl groups is 1. The third-order valence-electron chi connectivity index (χ3n) is 3.29. The normalized spacial score (nSPS) is 24.0. The molecule has 1 aliphatic carbocycles. The topological polar surface area (TPSA) is 66.4 Å². The Hall–Kier alpha value is -0.910. The zero-order chi connectivity index (χ0) is 13.6. The number of fused-ring (bicyclic) bond motifs is 1. The van der Waals surface area contributed by atoms with Crippen LogP contribution in [0.5, 0.6) is 0 Å². The van der Waals surface area contributed by atoms with E-state index in [-0.39, 0.29) is 0 Å². The number of nitrogens with one attached hydrogen (secondary N) is 1. The SMILES string of the molecule is CC(C)(C)S(=O)(=O)N[C@H]1c2ccccc2C[C@H]1O. The van der Waals surface area contributed by atoms with Crippen LogP contribution in [0.3, 0.4) is 0 Å². The lowest BCUT2D eigenvalue weighted by atomic mass is 10.1. The second kappa shape index (κ2) is 4.33. The molecule has 0 heterocycles. The molecule has 0 aliphatic heterocycles. The van der Waals surface area contributed by atoms with Crippen molar-refractivity contribution < 1.29 is 13.5 Å². The predicted octanol–water partition coefficient (Wildman–Crippen LogP) is 1.36. The van der Waals surface area contributed by atoms with E-state index < -0.39 is 26.9 Å². The lowest BCUT2D eigenvalue weighted by Crippen LogP contribution is -2.43. The number of rotatable bonds is 2. The van der Waals surface area contributed by atoms with Crippen LogP contribution in [0, 0.1) is 0 Å². The van der Waals surface area contributed by atoms with Gasteiger partial charge in [-0.15, -0.1) is 0 Å². The van der Waals surface area contributed by atoms with Gasteiger partial charge in [0, 0.05) is 6.42 Å². The summed E-state index contributed by atoms with van der Waals surface area (Å²) in [5.74, 6) is 0. The van der Waals surface area contributed by atoms with Gasteiger partial charge in [0.25, 0.3) is 0 Å². The van der Waals surface area contributed by atoms with Crippen LogP contribution < -0.4 is 4.72 Å². The quantitative estimate of drug-likeness (QED) is 0.852. The Bertz CT molecular complexity index is 546. The van der Waals surface area contributed by atoms with E-state index in [0.29, 0.717) is 6.42 Å². The number of hydrogen-bond donors (Lipinski definition) is 2. The molecule has 1 aliphatic rings. The Morgan fingerprint density at radius 3 is 2.50 bits per heavy atom. The van der Waals surface area contributed by atoms with Crippen LogP contribution in [0.15, 0.2) is 24.3 Å². The van der Waals surface area contributed by atoms with Crippen LogP contribution in [0.1, 0.15) is 37.9 Å². The largest absolute Gasteiger partial charge is 0.391 e. The smallest absolute Gasteiger partial charge is 0.217 e. The van der Waals surface area contributed by atoms with Crippen molar-refractivity contribution >= 4 is 10.0 Å². The Balaban J connectivity index is 2.31. The van der Waals surface area contributed by atoms with Crippen molar-refractivity contribution in [2.45, 2.75) is 44.1 Å². The summed E-state index contributed by atoms with van der Waals surface area (Å²) in [6.45, 7) is 4.92. The first-order valence-corrected chi connectivity index (χ1v) is 7.48. The minimum atomic E-state index is -3.47. The summed E-state index contributed by atoms with van der Waals surface area (Å²) in [6.07, 6.45) is -0.201. The first-order chi connectivity index (χ1) is 8.22. The van der Waals surface area contributed by atoms with Crippen LogP contribution >= 0.6 is 0 Å². The number of hydrogen-bond acceptors (Lipinski definition) is 3. The van der Waals surface area contributed by atoms with Gasteiger partial charge in [0.05, 0.1) is 16.9 Å². The molecule has 1 aromatic carbocycles. The van der Waals surface area contributed by atoms with E-state index in [4.69, 9.17) is 0 Å². The molecule has 1 aromatic rings. The molecular formula is C13H19NO3S. The highest BCUT2D eigenvalue weighted by Gasteiger charge is 2.38. The van der Waals surface area contributed by atoms with Gasteiger partial charge in [0.1, 0.15) is 0 Å². The lowest BCUT2D eigenvalue weighted by molar-refractivity contribution is 0.151. The summed E-state index contributed by atoms with van der Waals surface area (Å²) in [4.78, 5) is 0. The zero-order valence-electron chi connectivity index (χ0n) is 10.8. The summed E-state index contributed by atoms with van der Waals surface area (Å²) in [6, 6.07) is 7.00. The molecule has 0 unspecified atom stereocenters. The van der Waals surface area contributed by atoms with Crippen LogP contribution in [0.2, 0.25) is 0 Å². The van der Waals surface area contributed by atoms with E-state index in [1.54, 1.807) is 20.8 Å². The summed E-state index contributed by atoms with van der Waals surface area (Å²) in [5, 5.41) is 10.0. The maximum atomic E-state index is 12.1. The summed E-state index contributed by atoms with van der Waals surface area (Å²) < 4.78 is 26.0. The molecule has 5 heteroatoms. The van der Waals surface area contributed by atoms with Crippen molar-refractivity contribution in [2.24, 2.45) is 0 Å². The Morgan fingerprint density at radius 1 is 1.28 bits per heavy atom. The van der Waals surface area contributed by atoms with E-state index in [2.05, 4.69) is 4.72 Å². The molecule has 0 spiro atoms. The van der Waals surface area contributed by atoms with Gasteiger partial charge in [0.2, 0.25) is 10.0 Å². The van der Waals surface area contributed by atoms with Gasteiger partial charge >= 0.3 is 0 Å². The molecular weight excluding hydrogens is 250 g/mol. The van der Waals surface area contributed by atoms with E-state index in [1.165, 1.54) is 0 Å². The molecule has 2 atom stereocenters. The van der Waals surface area contributed by atoms with Gasteiger partial charge in [-0.25, -0.2) is 13.1 Å². The fourth-order valence-electron chi connectivity index (χ4n) is 2.06. The Labute approximate surface area is 108 Å². The molecule has 0 amide bonds. The van der Waals surface area contributed by atoms with Gasteiger partial charge in [-0.2, -0.15) is 0 Å². The standard InChI is InChI=1S/C13H19NO3S/c1-13(2,3)18(16,17)14-12-10-7-5-4-6-9(10)8-11(12)15/h4-7,11-12,14-15H,8H2,1-3H3/t11-,12+/m1/s1. The van der Waals surface area contributed by atoms with E-state index >= 15 is 0 Å². The first kappa shape index (κ1) is 13.5. The van der Waals surface area contributed by atoms with Crippen LogP contribution in [-0.4, -0.2) is 24.4 Å². The van der Waals surface area contributed by atoms with Gasteiger partial charge in [-0.1, -0.05) is 24.3 Å². The van der Waals surface area contributed by atoms with E-state index in [9.17, 15) is 13.5 Å². The maximum Gasteiger partial charge on any atom is 0.217 e. The summed E-state index contributed by atoms with van der Waals surface area (Å²) in [7, 11) is -3.47.